The molecule has 0 atom stereocenters. The number of hydrogen-bond donors (Lipinski definition) is 2. The Morgan fingerprint density at radius 2 is 1.90 bits per heavy atom. The zero-order valence-corrected chi connectivity index (χ0v) is 14.3. The van der Waals surface area contributed by atoms with E-state index >= 15 is 0 Å². The van der Waals surface area contributed by atoms with Crippen molar-refractivity contribution in [1.29, 1.82) is 0 Å². The lowest BCUT2D eigenvalue weighted by Crippen LogP contribution is -2.39. The van der Waals surface area contributed by atoms with Gasteiger partial charge in [0.05, 0.1) is 6.54 Å². The molecule has 0 aliphatic heterocycles. The van der Waals surface area contributed by atoms with Gasteiger partial charge in [0.1, 0.15) is 0 Å². The summed E-state index contributed by atoms with van der Waals surface area (Å²) in [4.78, 5) is 13.8. The first-order valence-electron chi connectivity index (χ1n) is 7.32. The van der Waals surface area contributed by atoms with Gasteiger partial charge in [-0.1, -0.05) is 31.5 Å². The average molecular weight is 312 g/mol. The summed E-state index contributed by atoms with van der Waals surface area (Å²) in [6, 6.07) is 6.31. The Labute approximate surface area is 132 Å². The second-order valence-electron chi connectivity index (χ2n) is 5.85. The predicted octanol–water partition coefficient (Wildman–Crippen LogP) is 2.80. The lowest BCUT2D eigenvalue weighted by Gasteiger charge is -2.24. The van der Waals surface area contributed by atoms with Gasteiger partial charge >= 0.3 is 0 Å². The number of benzene rings is 1. The van der Waals surface area contributed by atoms with Crippen LogP contribution in [0.3, 0.4) is 0 Å². The molecule has 0 radical (unpaired) electrons. The molecule has 1 rings (SSSR count). The molecular formula is C16H26ClN3O. The second-order valence-corrected chi connectivity index (χ2v) is 6.26. The van der Waals surface area contributed by atoms with E-state index in [2.05, 4.69) is 24.5 Å². The Hall–Kier alpha value is -1.26. The Morgan fingerprint density at radius 3 is 2.48 bits per heavy atom. The van der Waals surface area contributed by atoms with Crippen LogP contribution >= 0.6 is 11.6 Å². The summed E-state index contributed by atoms with van der Waals surface area (Å²) in [5.74, 6) is 0.00949. The van der Waals surface area contributed by atoms with Crippen LogP contribution in [-0.2, 0) is 11.3 Å². The van der Waals surface area contributed by atoms with Crippen LogP contribution in [-0.4, -0.2) is 31.6 Å². The van der Waals surface area contributed by atoms with Gasteiger partial charge in [0.15, 0.2) is 0 Å². The van der Waals surface area contributed by atoms with Crippen LogP contribution in [0.15, 0.2) is 18.2 Å². The zero-order chi connectivity index (χ0) is 16.0. The van der Waals surface area contributed by atoms with Gasteiger partial charge < -0.3 is 15.5 Å². The molecule has 0 aliphatic carbocycles. The molecule has 0 saturated carbocycles. The molecule has 0 saturated heterocycles. The summed E-state index contributed by atoms with van der Waals surface area (Å²) in [7, 11) is 1.91. The normalized spacial score (nSPS) is 11.0. The molecular weight excluding hydrogens is 286 g/mol. The van der Waals surface area contributed by atoms with Crippen LogP contribution in [0.2, 0.25) is 5.02 Å². The minimum absolute atomic E-state index is 0.00949. The third-order valence-corrected chi connectivity index (χ3v) is 3.38. The van der Waals surface area contributed by atoms with Crippen LogP contribution in [0.25, 0.3) is 0 Å². The third kappa shape index (κ3) is 5.94. The van der Waals surface area contributed by atoms with Crippen LogP contribution in [0, 0.1) is 0 Å². The lowest BCUT2D eigenvalue weighted by atomic mass is 10.1. The highest BCUT2D eigenvalue weighted by Crippen LogP contribution is 2.26. The SMILES string of the molecule is CC(C)NCc1c(Cl)cccc1N(C)CC(=O)NC(C)C. The highest BCUT2D eigenvalue weighted by atomic mass is 35.5. The summed E-state index contributed by atoms with van der Waals surface area (Å²) < 4.78 is 0. The summed E-state index contributed by atoms with van der Waals surface area (Å²) in [5.41, 5.74) is 2.00. The highest BCUT2D eigenvalue weighted by molar-refractivity contribution is 6.31. The van der Waals surface area contributed by atoms with Crippen molar-refractivity contribution >= 4 is 23.2 Å². The number of halogens is 1. The second kappa shape index (κ2) is 8.25. The summed E-state index contributed by atoms with van der Waals surface area (Å²) in [6.07, 6.45) is 0. The van der Waals surface area contributed by atoms with Gasteiger partial charge in [-0.3, -0.25) is 4.79 Å². The number of rotatable bonds is 7. The van der Waals surface area contributed by atoms with Crippen LogP contribution in [0.1, 0.15) is 33.3 Å². The highest BCUT2D eigenvalue weighted by Gasteiger charge is 2.14. The molecule has 1 aromatic rings. The van der Waals surface area contributed by atoms with Crippen molar-refractivity contribution in [2.45, 2.75) is 46.3 Å². The number of hydrogen-bond acceptors (Lipinski definition) is 3. The van der Waals surface area contributed by atoms with E-state index in [4.69, 9.17) is 11.6 Å². The van der Waals surface area contributed by atoms with Crippen molar-refractivity contribution in [3.05, 3.63) is 28.8 Å². The quantitative estimate of drug-likeness (QED) is 0.814. The molecule has 5 heteroatoms. The molecule has 1 amide bonds. The maximum Gasteiger partial charge on any atom is 0.239 e. The summed E-state index contributed by atoms with van der Waals surface area (Å²) in [5, 5.41) is 6.99. The maximum absolute atomic E-state index is 11.9. The molecule has 4 nitrogen and oxygen atoms in total. The standard InChI is InChI=1S/C16H26ClN3O/c1-11(2)18-9-13-14(17)7-6-8-15(13)20(5)10-16(21)19-12(3)4/h6-8,11-12,18H,9-10H2,1-5H3,(H,19,21). The van der Waals surface area contributed by atoms with Crippen molar-refractivity contribution in [2.24, 2.45) is 0 Å². The number of carbonyl (C=O) groups is 1. The summed E-state index contributed by atoms with van der Waals surface area (Å²) >= 11 is 6.31. The first kappa shape index (κ1) is 17.8. The van der Waals surface area contributed by atoms with E-state index in [0.717, 1.165) is 16.3 Å². The summed E-state index contributed by atoms with van der Waals surface area (Å²) in [6.45, 7) is 9.09. The average Bonchev–Trinajstić information content (AvgIpc) is 2.35. The maximum atomic E-state index is 11.9. The lowest BCUT2D eigenvalue weighted by molar-refractivity contribution is -0.120. The van der Waals surface area contributed by atoms with E-state index in [-0.39, 0.29) is 11.9 Å². The Balaban J connectivity index is 2.85. The molecule has 0 aromatic heterocycles. The molecule has 0 aliphatic rings. The number of nitrogens with zero attached hydrogens (tertiary/aromatic N) is 1. The number of likely N-dealkylation sites (N-methyl/N-ethyl adjacent to an activating group) is 1. The first-order valence-corrected chi connectivity index (χ1v) is 7.70. The van der Waals surface area contributed by atoms with Crippen molar-refractivity contribution in [3.8, 4) is 0 Å². The Kier molecular flexibility index (Phi) is 6.99. The molecule has 0 unspecified atom stereocenters. The van der Waals surface area contributed by atoms with Gasteiger partial charge in [0, 0.05) is 41.9 Å². The van der Waals surface area contributed by atoms with Gasteiger partial charge in [-0.2, -0.15) is 0 Å². The molecule has 2 N–H and O–H groups in total. The van der Waals surface area contributed by atoms with E-state index in [0.29, 0.717) is 19.1 Å². The number of carbonyl (C=O) groups excluding carboxylic acids is 1. The van der Waals surface area contributed by atoms with Crippen molar-refractivity contribution < 1.29 is 4.79 Å². The molecule has 0 spiro atoms. The third-order valence-electron chi connectivity index (χ3n) is 3.02. The zero-order valence-electron chi connectivity index (χ0n) is 13.5. The van der Waals surface area contributed by atoms with Crippen LogP contribution < -0.4 is 15.5 Å². The van der Waals surface area contributed by atoms with Gasteiger partial charge in [-0.05, 0) is 26.0 Å². The Morgan fingerprint density at radius 1 is 1.24 bits per heavy atom. The van der Waals surface area contributed by atoms with E-state index in [9.17, 15) is 4.79 Å². The fourth-order valence-electron chi connectivity index (χ4n) is 2.05. The first-order chi connectivity index (χ1) is 9.81. The Bertz CT molecular complexity index is 475. The van der Waals surface area contributed by atoms with Crippen LogP contribution in [0.4, 0.5) is 5.69 Å². The number of amides is 1. The van der Waals surface area contributed by atoms with Gasteiger partial charge in [-0.25, -0.2) is 0 Å². The van der Waals surface area contributed by atoms with Crippen molar-refractivity contribution in [3.63, 3.8) is 0 Å². The fraction of sp³-hybridized carbons (Fsp3) is 0.562. The van der Waals surface area contributed by atoms with Crippen molar-refractivity contribution in [1.82, 2.24) is 10.6 Å². The van der Waals surface area contributed by atoms with E-state index in [1.165, 1.54) is 0 Å². The van der Waals surface area contributed by atoms with Gasteiger partial charge in [-0.15, -0.1) is 0 Å². The molecule has 0 fully saturated rings. The molecule has 0 heterocycles. The van der Waals surface area contributed by atoms with E-state index < -0.39 is 0 Å². The fourth-order valence-corrected chi connectivity index (χ4v) is 2.29. The van der Waals surface area contributed by atoms with Crippen molar-refractivity contribution in [2.75, 3.05) is 18.5 Å². The predicted molar refractivity (Wildman–Crippen MR) is 90.0 cm³/mol. The minimum atomic E-state index is 0.00949. The van der Waals surface area contributed by atoms with Gasteiger partial charge in [0.25, 0.3) is 0 Å². The topological polar surface area (TPSA) is 44.4 Å². The van der Waals surface area contributed by atoms with Gasteiger partial charge in [0.2, 0.25) is 5.91 Å². The largest absolute Gasteiger partial charge is 0.365 e. The van der Waals surface area contributed by atoms with Crippen LogP contribution in [0.5, 0.6) is 0 Å². The minimum Gasteiger partial charge on any atom is -0.365 e. The van der Waals surface area contributed by atoms with E-state index in [1.807, 2.05) is 44.0 Å². The molecule has 0 bridgehead atoms. The monoisotopic (exact) mass is 311 g/mol. The molecule has 1 aromatic carbocycles. The number of nitrogens with one attached hydrogen (secondary N) is 2. The molecule has 118 valence electrons. The number of anilines is 1. The smallest absolute Gasteiger partial charge is 0.239 e. The molecule has 21 heavy (non-hydrogen) atoms. The van der Waals surface area contributed by atoms with E-state index in [1.54, 1.807) is 0 Å².